The normalized spacial score (nSPS) is 10.6. The lowest BCUT2D eigenvalue weighted by Crippen LogP contribution is -1.91. The third-order valence-corrected chi connectivity index (χ3v) is 1.83. The molecule has 2 N–H and O–H groups in total. The van der Waals surface area contributed by atoms with Gasteiger partial charge in [0.15, 0.2) is 0 Å². The minimum atomic E-state index is 0.529. The highest BCUT2D eigenvalue weighted by molar-refractivity contribution is 6.33. The maximum absolute atomic E-state index is 5.76. The van der Waals surface area contributed by atoms with Gasteiger partial charge in [0.1, 0.15) is 0 Å². The van der Waals surface area contributed by atoms with Crippen LogP contribution >= 0.6 is 11.6 Å². The molecule has 0 aliphatic heterocycles. The summed E-state index contributed by atoms with van der Waals surface area (Å²) in [6, 6.07) is 3.65. The molecule has 11 heavy (non-hydrogen) atoms. The molecule has 0 atom stereocenters. The zero-order chi connectivity index (χ0) is 7.84. The Morgan fingerprint density at radius 2 is 2.36 bits per heavy atom. The molecule has 0 aromatic carbocycles. The molecule has 0 radical (unpaired) electrons. The second-order valence-electron chi connectivity index (χ2n) is 2.28. The molecule has 2 heterocycles. The highest BCUT2D eigenvalue weighted by Gasteiger charge is 1.98. The Balaban J connectivity index is 2.86. The van der Waals surface area contributed by atoms with Crippen LogP contribution in [0.5, 0.6) is 0 Å². The summed E-state index contributed by atoms with van der Waals surface area (Å²) in [5, 5.41) is 4.53. The van der Waals surface area contributed by atoms with Gasteiger partial charge in [-0.3, -0.25) is 0 Å². The maximum atomic E-state index is 5.76. The van der Waals surface area contributed by atoms with Gasteiger partial charge in [-0.1, -0.05) is 11.6 Å². The van der Waals surface area contributed by atoms with Crippen LogP contribution in [0.3, 0.4) is 0 Å². The van der Waals surface area contributed by atoms with Crippen LogP contribution in [0.1, 0.15) is 0 Å². The average Bonchev–Trinajstić information content (AvgIpc) is 2.36. The van der Waals surface area contributed by atoms with E-state index in [0.717, 1.165) is 5.52 Å². The summed E-state index contributed by atoms with van der Waals surface area (Å²) >= 11 is 5.76. The first-order chi connectivity index (χ1) is 5.27. The molecule has 0 spiro atoms. The lowest BCUT2D eigenvalue weighted by molar-refractivity contribution is 0.962. The SMILES string of the molecule is Nc1cc2ccnn2cc1Cl. The molecule has 0 bridgehead atoms. The number of anilines is 1. The van der Waals surface area contributed by atoms with Crippen LogP contribution < -0.4 is 5.73 Å². The van der Waals surface area contributed by atoms with Gasteiger partial charge in [-0.05, 0) is 12.1 Å². The topological polar surface area (TPSA) is 43.3 Å². The Morgan fingerprint density at radius 3 is 3.18 bits per heavy atom. The van der Waals surface area contributed by atoms with Crippen LogP contribution in [0, 0.1) is 0 Å². The molecule has 0 aliphatic rings. The number of fused-ring (bicyclic) bond motifs is 1. The van der Waals surface area contributed by atoms with Gasteiger partial charge in [0.25, 0.3) is 0 Å². The fourth-order valence-electron chi connectivity index (χ4n) is 0.957. The van der Waals surface area contributed by atoms with Crippen LogP contribution in [0.4, 0.5) is 5.69 Å². The van der Waals surface area contributed by atoms with E-state index in [2.05, 4.69) is 5.10 Å². The van der Waals surface area contributed by atoms with Gasteiger partial charge in [-0.15, -0.1) is 0 Å². The second kappa shape index (κ2) is 2.13. The first-order valence-corrected chi connectivity index (χ1v) is 3.53. The first kappa shape index (κ1) is 6.49. The van der Waals surface area contributed by atoms with E-state index in [1.54, 1.807) is 23.0 Å². The Bertz CT molecular complexity index is 357. The lowest BCUT2D eigenvalue weighted by Gasteiger charge is -1.97. The Hall–Kier alpha value is -1.22. The second-order valence-corrected chi connectivity index (χ2v) is 2.68. The molecule has 0 amide bonds. The summed E-state index contributed by atoms with van der Waals surface area (Å²) in [5.74, 6) is 0. The molecule has 2 aromatic heterocycles. The van der Waals surface area contributed by atoms with Gasteiger partial charge in [0.2, 0.25) is 0 Å². The van der Waals surface area contributed by atoms with Crippen LogP contribution in [-0.2, 0) is 0 Å². The van der Waals surface area contributed by atoms with Crippen molar-refractivity contribution in [3.05, 3.63) is 29.5 Å². The predicted octanol–water partition coefficient (Wildman–Crippen LogP) is 1.57. The highest BCUT2D eigenvalue weighted by atomic mass is 35.5. The van der Waals surface area contributed by atoms with Crippen molar-refractivity contribution in [2.45, 2.75) is 0 Å². The molecule has 56 valence electrons. The molecule has 3 nitrogen and oxygen atoms in total. The summed E-state index contributed by atoms with van der Waals surface area (Å²) < 4.78 is 1.68. The molecule has 0 saturated carbocycles. The standard InChI is InChI=1S/C7H6ClN3/c8-6-4-11-5(1-2-10-11)3-7(6)9/h1-4H,9H2. The smallest absolute Gasteiger partial charge is 0.0819 e. The Morgan fingerprint density at radius 1 is 1.55 bits per heavy atom. The average molecular weight is 168 g/mol. The number of aromatic nitrogens is 2. The highest BCUT2D eigenvalue weighted by Crippen LogP contribution is 2.19. The lowest BCUT2D eigenvalue weighted by atomic mass is 10.3. The van der Waals surface area contributed by atoms with E-state index in [0.29, 0.717) is 10.7 Å². The quantitative estimate of drug-likeness (QED) is 0.647. The molecule has 2 rings (SSSR count). The molecule has 0 fully saturated rings. The van der Waals surface area contributed by atoms with Crippen LogP contribution in [0.25, 0.3) is 5.52 Å². The molecule has 0 aliphatic carbocycles. The van der Waals surface area contributed by atoms with E-state index in [1.807, 2.05) is 6.07 Å². The molecule has 0 unspecified atom stereocenters. The zero-order valence-corrected chi connectivity index (χ0v) is 6.42. The Kier molecular flexibility index (Phi) is 1.26. The van der Waals surface area contributed by atoms with Crippen LogP contribution in [0.15, 0.2) is 24.5 Å². The third-order valence-electron chi connectivity index (χ3n) is 1.52. The summed E-state index contributed by atoms with van der Waals surface area (Å²) in [6.45, 7) is 0. The summed E-state index contributed by atoms with van der Waals surface area (Å²) in [5.41, 5.74) is 7.11. The van der Waals surface area contributed by atoms with Gasteiger partial charge in [0, 0.05) is 12.4 Å². The van der Waals surface area contributed by atoms with Crippen LogP contribution in [0.2, 0.25) is 5.02 Å². The van der Waals surface area contributed by atoms with E-state index >= 15 is 0 Å². The first-order valence-electron chi connectivity index (χ1n) is 3.16. The van der Waals surface area contributed by atoms with Crippen molar-refractivity contribution in [2.24, 2.45) is 0 Å². The van der Waals surface area contributed by atoms with Crippen molar-refractivity contribution in [1.29, 1.82) is 0 Å². The van der Waals surface area contributed by atoms with E-state index in [-0.39, 0.29) is 0 Å². The fourth-order valence-corrected chi connectivity index (χ4v) is 1.10. The predicted molar refractivity (Wildman–Crippen MR) is 44.6 cm³/mol. The number of nitrogens with two attached hydrogens (primary N) is 1. The molecule has 2 aromatic rings. The molecule has 0 saturated heterocycles. The number of rotatable bonds is 0. The van der Waals surface area contributed by atoms with Gasteiger partial charge < -0.3 is 5.73 Å². The van der Waals surface area contributed by atoms with E-state index in [9.17, 15) is 0 Å². The molecular formula is C7H6ClN3. The Labute approximate surface area is 68.4 Å². The van der Waals surface area contributed by atoms with Crippen molar-refractivity contribution >= 4 is 22.8 Å². The van der Waals surface area contributed by atoms with E-state index < -0.39 is 0 Å². The zero-order valence-electron chi connectivity index (χ0n) is 5.66. The monoisotopic (exact) mass is 167 g/mol. The van der Waals surface area contributed by atoms with Gasteiger partial charge >= 0.3 is 0 Å². The van der Waals surface area contributed by atoms with Crippen LogP contribution in [-0.4, -0.2) is 9.61 Å². The number of halogens is 1. The number of pyridine rings is 1. The van der Waals surface area contributed by atoms with Crippen molar-refractivity contribution < 1.29 is 0 Å². The fraction of sp³-hybridized carbons (Fsp3) is 0. The maximum Gasteiger partial charge on any atom is 0.0819 e. The van der Waals surface area contributed by atoms with E-state index in [4.69, 9.17) is 17.3 Å². The largest absolute Gasteiger partial charge is 0.397 e. The van der Waals surface area contributed by atoms with E-state index in [1.165, 1.54) is 0 Å². The summed E-state index contributed by atoms with van der Waals surface area (Å²) in [4.78, 5) is 0. The van der Waals surface area contributed by atoms with Gasteiger partial charge in [0.05, 0.1) is 16.2 Å². The van der Waals surface area contributed by atoms with Gasteiger partial charge in [-0.2, -0.15) is 5.10 Å². The number of hydrogen-bond acceptors (Lipinski definition) is 2. The van der Waals surface area contributed by atoms with Gasteiger partial charge in [-0.25, -0.2) is 4.52 Å². The molecule has 4 heteroatoms. The summed E-state index contributed by atoms with van der Waals surface area (Å²) in [6.07, 6.45) is 3.39. The number of hydrogen-bond donors (Lipinski definition) is 1. The molecular weight excluding hydrogens is 162 g/mol. The van der Waals surface area contributed by atoms with Crippen molar-refractivity contribution in [1.82, 2.24) is 9.61 Å². The van der Waals surface area contributed by atoms with Crippen molar-refractivity contribution in [3.8, 4) is 0 Å². The number of nitrogens with zero attached hydrogens (tertiary/aromatic N) is 2. The minimum absolute atomic E-state index is 0.529. The third kappa shape index (κ3) is 0.935. The van der Waals surface area contributed by atoms with Crippen molar-refractivity contribution in [3.63, 3.8) is 0 Å². The number of nitrogen functional groups attached to an aromatic ring is 1. The summed E-state index contributed by atoms with van der Waals surface area (Å²) in [7, 11) is 0. The minimum Gasteiger partial charge on any atom is -0.397 e. The van der Waals surface area contributed by atoms with Crippen molar-refractivity contribution in [2.75, 3.05) is 5.73 Å².